The molecular formula is C80H112BBrF16O22S-. The molecule has 5 aliphatic carbocycles. The number of alkyl halides is 13. The zero-order chi connectivity index (χ0) is 89.4. The van der Waals surface area contributed by atoms with Gasteiger partial charge in [0.1, 0.15) is 13.2 Å². The van der Waals surface area contributed by atoms with Gasteiger partial charge in [0.05, 0.1) is 92.3 Å². The van der Waals surface area contributed by atoms with Gasteiger partial charge in [0.25, 0.3) is 17.9 Å². The number of carbonyl (C=O) groups is 5. The Bertz CT molecular complexity index is 3600. The Morgan fingerprint density at radius 3 is 1.31 bits per heavy atom. The molecule has 4 atom stereocenters. The third kappa shape index (κ3) is 31.2. The van der Waals surface area contributed by atoms with Crippen LogP contribution in [0.2, 0.25) is 6.82 Å². The van der Waals surface area contributed by atoms with Crippen molar-refractivity contribution >= 4 is 47.1 Å². The van der Waals surface area contributed by atoms with Crippen molar-refractivity contribution < 1.29 is 191 Å². The summed E-state index contributed by atoms with van der Waals surface area (Å²) in [6.07, 6.45) is 10.3. The van der Waals surface area contributed by atoms with E-state index in [2.05, 4.69) is 28.9 Å². The molecule has 0 aromatic carbocycles. The standard InChI is InChI=1S/C16H21F5O6S.C15H22F2O4.C15H20F2O4.C15H20F2O3.C10H12F2O2.C8H14O3.CH3BF.BrH.F2/c1-13-8-24-14(25-9-13,26-10-13)7-11-5-3-2-4-6-12(15(11,17)18)27-28(22,23)16(19,20)21;1-13-8-19-14(20-9-13,21-10-13)7-11-5-3-2-4-6-12(18)15(11,16)17;1-14(8-20-9-14)10-21-13(19)7-11-5-3-2-4-6-12(18)15(11,16)17;1-13-9-18-15(19-10-13,20-11-13)8-12-6-4-2-3-5-7-14(12,16)17;11-10(12)6-4-2-1-3-5-8(10)7-9(13)14;1-3-7(9)11-6-8(2)4-10-5-8;1-2-3;;1-2/h6,11H,2-5,7-10H2,1H3;11H,2-10H2,1H3;7H,2-6,8-10H2,1H3;12H,2-4,6,8-11H2,1H3;8H,1-3,5,7H2,(H,13,14);3-6H2,1-2H3;1H3;1H;/p-1/b12-6+;;;;;;;;. The van der Waals surface area contributed by atoms with Crippen LogP contribution in [-0.2, 0) is 99.9 Å². The number of halogens is 17. The average molecular weight is 1850 g/mol. The second kappa shape index (κ2) is 45.7. The molecule has 16 aliphatic rings. The van der Waals surface area contributed by atoms with Crippen LogP contribution in [0.3, 0.4) is 0 Å². The highest BCUT2D eigenvalue weighted by atomic mass is 79.9. The maximum atomic E-state index is 15.1. The number of carbonyl (C=O) groups excluding carboxylic acids is 4. The first-order valence-electron chi connectivity index (χ1n) is 40.4. The van der Waals surface area contributed by atoms with Crippen molar-refractivity contribution in [3.05, 3.63) is 23.5 Å². The first-order valence-corrected chi connectivity index (χ1v) is 41.8. The van der Waals surface area contributed by atoms with Gasteiger partial charge >= 0.3 is 70.7 Å². The summed E-state index contributed by atoms with van der Waals surface area (Å²) in [5.41, 5.74) is -7.11. The van der Waals surface area contributed by atoms with Crippen molar-refractivity contribution in [2.24, 2.45) is 50.7 Å². The minimum atomic E-state index is -6.22. The highest BCUT2D eigenvalue weighted by Gasteiger charge is 2.61. The van der Waals surface area contributed by atoms with E-state index in [4.69, 9.17) is 75.8 Å². The number of carboxylic acid groups (broad SMARTS) is 1. The fraction of sp³-hybridized carbons (Fsp3) is 0.838. The van der Waals surface area contributed by atoms with Gasteiger partial charge in [-0.15, -0.1) is 0 Å². The molecule has 11 aliphatic heterocycles. The molecular weight excluding hydrogens is 1740 g/mol. The Morgan fingerprint density at radius 1 is 0.529 bits per heavy atom. The maximum absolute atomic E-state index is 15.1. The van der Waals surface area contributed by atoms with Crippen molar-refractivity contribution in [1.82, 2.24) is 0 Å². The molecule has 693 valence electrons. The van der Waals surface area contributed by atoms with Crippen molar-refractivity contribution in [2.75, 3.05) is 99.1 Å². The number of rotatable bonds is 16. The van der Waals surface area contributed by atoms with E-state index in [1.807, 2.05) is 33.6 Å². The number of hydrogen-bond acceptors (Lipinski definition) is 21. The van der Waals surface area contributed by atoms with Gasteiger partial charge in [-0.25, -0.2) is 4.79 Å². The zero-order valence-electron chi connectivity index (χ0n) is 69.1. The van der Waals surface area contributed by atoms with E-state index in [1.54, 1.807) is 6.92 Å². The molecule has 1 N–H and O–H groups in total. The predicted octanol–water partition coefficient (Wildman–Crippen LogP) is 13.9. The monoisotopic (exact) mass is 1850 g/mol. The molecule has 0 amide bonds. The highest BCUT2D eigenvalue weighted by Crippen LogP contribution is 2.51. The fourth-order valence-electron chi connectivity index (χ4n) is 14.3. The Morgan fingerprint density at radius 2 is 0.893 bits per heavy atom. The molecule has 22 nitrogen and oxygen atoms in total. The number of hydrogen-bond donors (Lipinski definition) is 1. The summed E-state index contributed by atoms with van der Waals surface area (Å²) >= 11 is 0. The maximum Gasteiger partial charge on any atom is 0.534 e. The van der Waals surface area contributed by atoms with Gasteiger partial charge in [-0.2, -0.15) is 65.5 Å². The van der Waals surface area contributed by atoms with Crippen LogP contribution in [0.5, 0.6) is 0 Å². The highest BCUT2D eigenvalue weighted by molar-refractivity contribution is 7.87. The van der Waals surface area contributed by atoms with Crippen LogP contribution in [0.1, 0.15) is 215 Å². The second-order valence-corrected chi connectivity index (χ2v) is 35.7. The second-order valence-electron chi connectivity index (χ2n) is 34.2. The van der Waals surface area contributed by atoms with E-state index in [9.17, 15) is 85.0 Å². The quantitative estimate of drug-likeness (QED) is 0.0286. The van der Waals surface area contributed by atoms with Crippen molar-refractivity contribution in [1.29, 1.82) is 0 Å². The van der Waals surface area contributed by atoms with Gasteiger partial charge in [-0.3, -0.25) is 19.2 Å². The third-order valence-electron chi connectivity index (χ3n) is 22.1. The summed E-state index contributed by atoms with van der Waals surface area (Å²) in [7, 11) is -5.72. The number of ketones is 2. The van der Waals surface area contributed by atoms with Gasteiger partial charge in [-0.05, 0) is 95.0 Å². The molecule has 11 heterocycles. The molecule has 121 heavy (non-hydrogen) atoms. The van der Waals surface area contributed by atoms with Crippen LogP contribution in [-0.4, -0.2) is 203 Å². The minimum Gasteiger partial charge on any atom is -1.00 e. The molecule has 16 rings (SSSR count). The molecule has 6 bridgehead atoms. The number of fused-ring (bicyclic) bond motifs is 9. The lowest BCUT2D eigenvalue weighted by Gasteiger charge is -2.51. The molecule has 4 unspecified atom stereocenters. The molecule has 41 heteroatoms. The number of ether oxygens (including phenoxy) is 13. The minimum absolute atomic E-state index is 0. The predicted molar refractivity (Wildman–Crippen MR) is 395 cm³/mol. The number of aliphatic carboxylic acids is 1. The number of allylic oxidation sites excluding steroid dienone is 3. The van der Waals surface area contributed by atoms with Crippen LogP contribution in [0.25, 0.3) is 0 Å². The van der Waals surface area contributed by atoms with Gasteiger partial charge < -0.3 is 92.2 Å². The van der Waals surface area contributed by atoms with Gasteiger partial charge in [0.2, 0.25) is 11.6 Å². The molecule has 0 aromatic heterocycles. The fourth-order valence-corrected chi connectivity index (χ4v) is 14.8. The van der Waals surface area contributed by atoms with E-state index in [0.717, 1.165) is 31.8 Å². The lowest BCUT2D eigenvalue weighted by molar-refractivity contribution is -0.472. The van der Waals surface area contributed by atoms with Gasteiger partial charge in [0.15, 0.2) is 5.76 Å². The van der Waals surface area contributed by atoms with Gasteiger partial charge in [-0.1, -0.05) is 98.7 Å². The van der Waals surface area contributed by atoms with Crippen molar-refractivity contribution in [3.8, 4) is 23.7 Å². The summed E-state index contributed by atoms with van der Waals surface area (Å²) in [6.45, 7) is 19.5. The molecule has 1 radical (unpaired) electrons. The van der Waals surface area contributed by atoms with Gasteiger partial charge in [0, 0.05) is 123 Å². The molecule has 2 saturated carbocycles. The summed E-state index contributed by atoms with van der Waals surface area (Å²) in [4.78, 5) is 56.0. The summed E-state index contributed by atoms with van der Waals surface area (Å²) in [6, 6.07) is 0. The SMILES string of the molecule is CC1(COC(=O)C=C2CCCCCC(=O)C2(F)F)COC1.CC12COC(CC3CCCC/C=C(/OS(=O)(=O)C(F)(F)F)C3(F)F)(OC1)OC2.CC12COC(CC3CCCCC#CC3(F)F)(OC1)OC2.CC12COC(CC3CCCCCC(=O)C3(F)F)(OC1)OC2.CCC(=O)OCC1(C)COC1.C[B]F.FF.O=C(O)CC1CCCCC#CC1(F)F.[Br-]. The Kier molecular flexibility index (Phi) is 40.2. The van der Waals surface area contributed by atoms with Crippen LogP contribution in [0.4, 0.5) is 70.5 Å². The first kappa shape index (κ1) is 107. The molecule has 11 saturated heterocycles. The number of esters is 2. The molecule has 0 spiro atoms. The third-order valence-corrected chi connectivity index (χ3v) is 23.0. The molecule has 0 aromatic rings. The Balaban J connectivity index is 0.000000260. The summed E-state index contributed by atoms with van der Waals surface area (Å²) in [5, 5.41) is 8.48. The lowest BCUT2D eigenvalue weighted by Crippen LogP contribution is -3.00. The van der Waals surface area contributed by atoms with E-state index >= 15 is 8.78 Å². The van der Waals surface area contributed by atoms with E-state index in [-0.39, 0.29) is 128 Å². The average Bonchev–Trinajstić information content (AvgIpc) is 0.840. The summed E-state index contributed by atoms with van der Waals surface area (Å²) in [5.74, 6) is -22.8. The van der Waals surface area contributed by atoms with Crippen molar-refractivity contribution in [2.45, 2.75) is 275 Å². The smallest absolute Gasteiger partial charge is 0.534 e. The van der Waals surface area contributed by atoms with E-state index < -0.39 is 135 Å². The van der Waals surface area contributed by atoms with E-state index in [1.165, 1.54) is 6.82 Å². The topological polar surface area (TPSA) is 269 Å². The first-order chi connectivity index (χ1) is 56.0. The Hall–Kier alpha value is -4.92. The van der Waals surface area contributed by atoms with E-state index in [0.29, 0.717) is 170 Å². The van der Waals surface area contributed by atoms with Crippen molar-refractivity contribution in [3.63, 3.8) is 0 Å². The van der Waals surface area contributed by atoms with Crippen LogP contribution in [0, 0.1) is 74.4 Å². The van der Waals surface area contributed by atoms with Crippen LogP contribution >= 0.6 is 0 Å². The normalized spacial score (nSPS) is 33.1. The van der Waals surface area contributed by atoms with Crippen LogP contribution < -0.4 is 17.0 Å². The molecule has 13 fully saturated rings. The number of Topliss-reactive ketones (excluding diaryl/α,β-unsaturated/α-hetero) is 2. The largest absolute Gasteiger partial charge is 1.00 e. The summed E-state index contributed by atoms with van der Waals surface area (Å²) < 4.78 is 302. The lowest BCUT2D eigenvalue weighted by atomic mass is 9.83. The zero-order valence-corrected chi connectivity index (χ0v) is 71.5. The Labute approximate surface area is 706 Å². The number of carboxylic acids is 1. The van der Waals surface area contributed by atoms with Crippen LogP contribution in [0.15, 0.2) is 23.5 Å².